The maximum Gasteiger partial charge on any atom is 0.270 e. The van der Waals surface area contributed by atoms with Crippen LogP contribution in [0.1, 0.15) is 54.3 Å². The Morgan fingerprint density at radius 3 is 2.71 bits per heavy atom. The fraction of sp³-hybridized carbons (Fsp3) is 0.520. The molecule has 2 atom stereocenters. The van der Waals surface area contributed by atoms with E-state index in [1.165, 1.54) is 17.5 Å². The minimum absolute atomic E-state index is 0.0983. The van der Waals surface area contributed by atoms with E-state index in [0.717, 1.165) is 25.8 Å². The van der Waals surface area contributed by atoms with Gasteiger partial charge in [-0.2, -0.15) is 0 Å². The summed E-state index contributed by atoms with van der Waals surface area (Å²) in [5.74, 6) is 0.344. The quantitative estimate of drug-likeness (QED) is 0.569. The molecule has 0 aliphatic carbocycles. The molecule has 1 fully saturated rings. The Morgan fingerprint density at radius 2 is 1.94 bits per heavy atom. The standard InChI is InChI=1S/C25H34N6O3/c1-17-22-6-4-3-5-19(22)7-10-31(17)15-21(33)14-26-25(34)23-13-24(28-16-27-23)29-20-8-11-30(12-9-20)18(2)32/h3-6,13,16-17,20-21,33H,7-12,14-15H2,1-2H3,(H,26,34)(H,27,28,29). The Bertz CT molecular complexity index is 1010. The number of anilines is 1. The highest BCUT2D eigenvalue weighted by molar-refractivity contribution is 5.92. The fourth-order valence-corrected chi connectivity index (χ4v) is 4.82. The first-order chi connectivity index (χ1) is 16.4. The molecule has 3 N–H and O–H groups in total. The number of carbonyl (C=O) groups is 2. The number of hydrogen-bond acceptors (Lipinski definition) is 7. The number of benzene rings is 1. The fourth-order valence-electron chi connectivity index (χ4n) is 4.82. The van der Waals surface area contributed by atoms with Crippen LogP contribution >= 0.6 is 0 Å². The van der Waals surface area contributed by atoms with Gasteiger partial charge in [0.2, 0.25) is 5.91 Å². The Hall–Kier alpha value is -3.04. The molecule has 2 aromatic rings. The first-order valence-electron chi connectivity index (χ1n) is 12.0. The van der Waals surface area contributed by atoms with Gasteiger partial charge in [0.05, 0.1) is 6.10 Å². The molecule has 4 rings (SSSR count). The van der Waals surface area contributed by atoms with Gasteiger partial charge in [-0.15, -0.1) is 0 Å². The summed E-state index contributed by atoms with van der Waals surface area (Å²) in [6, 6.07) is 10.5. The van der Waals surface area contributed by atoms with Gasteiger partial charge in [-0.05, 0) is 37.3 Å². The smallest absolute Gasteiger partial charge is 0.270 e. The molecule has 9 heteroatoms. The number of piperidine rings is 1. The highest BCUT2D eigenvalue weighted by Gasteiger charge is 2.25. The van der Waals surface area contributed by atoms with E-state index in [2.05, 4.69) is 56.7 Å². The molecule has 2 aliphatic rings. The van der Waals surface area contributed by atoms with Crippen LogP contribution in [0.2, 0.25) is 0 Å². The van der Waals surface area contributed by atoms with Crippen molar-refractivity contribution >= 4 is 17.6 Å². The summed E-state index contributed by atoms with van der Waals surface area (Å²) in [5.41, 5.74) is 2.93. The summed E-state index contributed by atoms with van der Waals surface area (Å²) in [4.78, 5) is 36.5. The van der Waals surface area contributed by atoms with Crippen molar-refractivity contribution in [3.63, 3.8) is 0 Å². The van der Waals surface area contributed by atoms with E-state index < -0.39 is 6.10 Å². The molecule has 0 saturated carbocycles. The van der Waals surface area contributed by atoms with Crippen molar-refractivity contribution in [2.75, 3.05) is 38.0 Å². The lowest BCUT2D eigenvalue weighted by atomic mass is 9.93. The molecular formula is C25H34N6O3. The third-order valence-electron chi connectivity index (χ3n) is 6.86. The Balaban J connectivity index is 1.25. The predicted octanol–water partition coefficient (Wildman–Crippen LogP) is 1.61. The zero-order valence-corrected chi connectivity index (χ0v) is 19.9. The number of amides is 2. The van der Waals surface area contributed by atoms with E-state index in [1.807, 2.05) is 4.90 Å². The first-order valence-corrected chi connectivity index (χ1v) is 12.0. The lowest BCUT2D eigenvalue weighted by Gasteiger charge is -2.36. The molecule has 1 aromatic carbocycles. The van der Waals surface area contributed by atoms with Gasteiger partial charge in [-0.3, -0.25) is 14.5 Å². The van der Waals surface area contributed by atoms with E-state index in [1.54, 1.807) is 13.0 Å². The molecule has 182 valence electrons. The second-order valence-electron chi connectivity index (χ2n) is 9.20. The summed E-state index contributed by atoms with van der Waals surface area (Å²) in [5, 5.41) is 16.7. The van der Waals surface area contributed by atoms with Crippen molar-refractivity contribution in [1.82, 2.24) is 25.1 Å². The van der Waals surface area contributed by atoms with Gasteiger partial charge in [0.1, 0.15) is 17.8 Å². The number of fused-ring (bicyclic) bond motifs is 1. The van der Waals surface area contributed by atoms with Crippen molar-refractivity contribution in [3.05, 3.63) is 53.5 Å². The van der Waals surface area contributed by atoms with Gasteiger partial charge >= 0.3 is 0 Å². The van der Waals surface area contributed by atoms with Gasteiger partial charge in [0.25, 0.3) is 5.91 Å². The summed E-state index contributed by atoms with van der Waals surface area (Å²) in [6.07, 6.45) is 3.31. The second-order valence-corrected chi connectivity index (χ2v) is 9.20. The number of carbonyl (C=O) groups excluding carboxylic acids is 2. The van der Waals surface area contributed by atoms with E-state index in [4.69, 9.17) is 0 Å². The molecule has 2 aliphatic heterocycles. The number of hydrogen-bond donors (Lipinski definition) is 3. The number of likely N-dealkylation sites (tertiary alicyclic amines) is 1. The largest absolute Gasteiger partial charge is 0.390 e. The lowest BCUT2D eigenvalue weighted by molar-refractivity contribution is -0.129. The molecule has 34 heavy (non-hydrogen) atoms. The van der Waals surface area contributed by atoms with E-state index in [-0.39, 0.29) is 36.1 Å². The van der Waals surface area contributed by atoms with Crippen molar-refractivity contribution in [3.8, 4) is 0 Å². The van der Waals surface area contributed by atoms with E-state index in [9.17, 15) is 14.7 Å². The zero-order valence-electron chi connectivity index (χ0n) is 19.9. The highest BCUT2D eigenvalue weighted by atomic mass is 16.3. The van der Waals surface area contributed by atoms with Crippen LogP contribution in [0.4, 0.5) is 5.82 Å². The average molecular weight is 467 g/mol. The van der Waals surface area contributed by atoms with Crippen LogP contribution in [0.3, 0.4) is 0 Å². The van der Waals surface area contributed by atoms with Crippen LogP contribution in [0.5, 0.6) is 0 Å². The number of aliphatic hydroxyl groups is 1. The SMILES string of the molecule is CC(=O)N1CCC(Nc2cc(C(=O)NCC(O)CN3CCc4ccccc4C3C)ncn2)CC1. The Kier molecular flexibility index (Phi) is 7.74. The second kappa shape index (κ2) is 10.9. The summed E-state index contributed by atoms with van der Waals surface area (Å²) in [7, 11) is 0. The Morgan fingerprint density at radius 1 is 1.18 bits per heavy atom. The van der Waals surface area contributed by atoms with Crippen LogP contribution in [0.25, 0.3) is 0 Å². The number of aliphatic hydroxyl groups excluding tert-OH is 1. The van der Waals surface area contributed by atoms with Crippen molar-refractivity contribution in [1.29, 1.82) is 0 Å². The van der Waals surface area contributed by atoms with Gasteiger partial charge in [0.15, 0.2) is 0 Å². The molecule has 0 radical (unpaired) electrons. The van der Waals surface area contributed by atoms with Crippen LogP contribution in [-0.4, -0.2) is 81.6 Å². The molecule has 0 spiro atoms. The van der Waals surface area contributed by atoms with E-state index >= 15 is 0 Å². The maximum atomic E-state index is 12.6. The van der Waals surface area contributed by atoms with Crippen molar-refractivity contribution in [2.24, 2.45) is 0 Å². The van der Waals surface area contributed by atoms with Crippen LogP contribution < -0.4 is 10.6 Å². The third kappa shape index (κ3) is 5.90. The minimum atomic E-state index is -0.678. The molecule has 2 unspecified atom stereocenters. The Labute approximate surface area is 200 Å². The van der Waals surface area contributed by atoms with Gasteiger partial charge < -0.3 is 20.6 Å². The molecule has 3 heterocycles. The van der Waals surface area contributed by atoms with Crippen molar-refractivity contribution in [2.45, 2.75) is 51.3 Å². The van der Waals surface area contributed by atoms with Crippen LogP contribution in [-0.2, 0) is 11.2 Å². The zero-order chi connectivity index (χ0) is 24.1. The van der Waals surface area contributed by atoms with Gasteiger partial charge in [0, 0.05) is 57.8 Å². The molecule has 0 bridgehead atoms. The maximum absolute atomic E-state index is 12.6. The van der Waals surface area contributed by atoms with E-state index in [0.29, 0.717) is 25.5 Å². The number of aromatic nitrogens is 2. The summed E-state index contributed by atoms with van der Waals surface area (Å²) >= 11 is 0. The number of β-amino-alcohol motifs (C(OH)–C–C–N with tert-alkyl or cyclic N) is 1. The summed E-state index contributed by atoms with van der Waals surface area (Å²) < 4.78 is 0. The molecule has 2 amide bonds. The highest BCUT2D eigenvalue weighted by Crippen LogP contribution is 2.29. The minimum Gasteiger partial charge on any atom is -0.390 e. The monoisotopic (exact) mass is 466 g/mol. The average Bonchev–Trinajstić information content (AvgIpc) is 2.85. The van der Waals surface area contributed by atoms with Crippen LogP contribution in [0, 0.1) is 0 Å². The first kappa shape index (κ1) is 24.1. The van der Waals surface area contributed by atoms with Gasteiger partial charge in [-0.25, -0.2) is 9.97 Å². The van der Waals surface area contributed by atoms with Crippen molar-refractivity contribution < 1.29 is 14.7 Å². The normalized spacial score (nSPS) is 19.9. The van der Waals surface area contributed by atoms with Crippen LogP contribution in [0.15, 0.2) is 36.7 Å². The predicted molar refractivity (Wildman–Crippen MR) is 129 cm³/mol. The number of nitrogens with one attached hydrogen (secondary N) is 2. The molecular weight excluding hydrogens is 432 g/mol. The third-order valence-corrected chi connectivity index (χ3v) is 6.86. The molecule has 1 saturated heterocycles. The molecule has 9 nitrogen and oxygen atoms in total. The molecule has 1 aromatic heterocycles. The lowest BCUT2D eigenvalue weighted by Crippen LogP contribution is -2.43. The number of rotatable bonds is 7. The number of nitrogens with zero attached hydrogens (tertiary/aromatic N) is 4. The topological polar surface area (TPSA) is 111 Å². The summed E-state index contributed by atoms with van der Waals surface area (Å²) in [6.45, 7) is 6.70. The van der Waals surface area contributed by atoms with Gasteiger partial charge in [-0.1, -0.05) is 24.3 Å².